The van der Waals surface area contributed by atoms with Crippen LogP contribution in [0, 0.1) is 5.41 Å². The minimum atomic E-state index is -1.37. The van der Waals surface area contributed by atoms with Gasteiger partial charge in [0, 0.05) is 0 Å². The van der Waals surface area contributed by atoms with E-state index in [0.717, 1.165) is 0 Å². The lowest BCUT2D eigenvalue weighted by atomic mass is 9.80. The van der Waals surface area contributed by atoms with Gasteiger partial charge in [-0.1, -0.05) is 20.8 Å². The molecular formula is C10H19FO4. The second kappa shape index (κ2) is 4.33. The van der Waals surface area contributed by atoms with Crippen molar-refractivity contribution in [2.24, 2.45) is 5.41 Å². The summed E-state index contributed by atoms with van der Waals surface area (Å²) in [6.45, 7) is 4.58. The van der Waals surface area contributed by atoms with E-state index in [4.69, 9.17) is 4.74 Å². The highest BCUT2D eigenvalue weighted by Gasteiger charge is 2.47. The van der Waals surface area contributed by atoms with E-state index in [1.807, 2.05) is 20.8 Å². The van der Waals surface area contributed by atoms with E-state index >= 15 is 0 Å². The van der Waals surface area contributed by atoms with Gasteiger partial charge in [0.25, 0.3) is 0 Å². The fourth-order valence-corrected chi connectivity index (χ4v) is 1.79. The predicted octanol–water partition coefficient (Wildman–Crippen LogP) is -0.148. The van der Waals surface area contributed by atoms with Crippen molar-refractivity contribution < 1.29 is 24.4 Å². The number of aliphatic hydroxyl groups excluding tert-OH is 3. The summed E-state index contributed by atoms with van der Waals surface area (Å²) in [5, 5.41) is 28.7. The first-order chi connectivity index (χ1) is 6.79. The summed E-state index contributed by atoms with van der Waals surface area (Å²) in [6.07, 6.45) is -5.67. The SMILES string of the molecule is CC(C)(C)C1OC(CF)C(O)C(O)C1O. The third-order valence-electron chi connectivity index (χ3n) is 2.72. The van der Waals surface area contributed by atoms with Gasteiger partial charge in [-0.05, 0) is 5.41 Å². The van der Waals surface area contributed by atoms with E-state index in [2.05, 4.69) is 0 Å². The Morgan fingerprint density at radius 1 is 1.07 bits per heavy atom. The highest BCUT2D eigenvalue weighted by Crippen LogP contribution is 2.32. The zero-order valence-electron chi connectivity index (χ0n) is 9.22. The minimum absolute atomic E-state index is 0.423. The van der Waals surface area contributed by atoms with Crippen molar-refractivity contribution in [1.29, 1.82) is 0 Å². The Morgan fingerprint density at radius 2 is 1.60 bits per heavy atom. The fourth-order valence-electron chi connectivity index (χ4n) is 1.79. The molecule has 1 aliphatic rings. The molecule has 1 rings (SSSR count). The van der Waals surface area contributed by atoms with Crippen LogP contribution in [0.5, 0.6) is 0 Å². The molecule has 0 aromatic rings. The van der Waals surface area contributed by atoms with Crippen LogP contribution in [0.15, 0.2) is 0 Å². The fraction of sp³-hybridized carbons (Fsp3) is 1.00. The summed E-state index contributed by atoms with van der Waals surface area (Å²) in [5.41, 5.74) is -0.423. The smallest absolute Gasteiger partial charge is 0.118 e. The average Bonchev–Trinajstić information content (AvgIpc) is 2.13. The van der Waals surface area contributed by atoms with E-state index in [-0.39, 0.29) is 0 Å². The number of aliphatic hydroxyl groups is 3. The second-order valence-electron chi connectivity index (χ2n) is 5.09. The molecule has 0 radical (unpaired) electrons. The Balaban J connectivity index is 2.83. The Labute approximate surface area is 88.7 Å². The lowest BCUT2D eigenvalue weighted by Gasteiger charge is -2.45. The zero-order valence-corrected chi connectivity index (χ0v) is 9.22. The maximum atomic E-state index is 12.5. The van der Waals surface area contributed by atoms with Crippen molar-refractivity contribution in [3.63, 3.8) is 0 Å². The van der Waals surface area contributed by atoms with Crippen LogP contribution in [-0.4, -0.2) is 52.5 Å². The van der Waals surface area contributed by atoms with E-state index in [0.29, 0.717) is 0 Å². The number of halogens is 1. The van der Waals surface area contributed by atoms with Crippen LogP contribution >= 0.6 is 0 Å². The molecule has 5 unspecified atom stereocenters. The van der Waals surface area contributed by atoms with Gasteiger partial charge in [0.1, 0.15) is 31.1 Å². The van der Waals surface area contributed by atoms with Crippen molar-refractivity contribution in [2.45, 2.75) is 51.3 Å². The molecule has 0 bridgehead atoms. The molecule has 5 heteroatoms. The van der Waals surface area contributed by atoms with Crippen molar-refractivity contribution >= 4 is 0 Å². The topological polar surface area (TPSA) is 69.9 Å². The Kier molecular flexibility index (Phi) is 3.71. The molecule has 0 saturated carbocycles. The first-order valence-electron chi connectivity index (χ1n) is 5.04. The van der Waals surface area contributed by atoms with E-state index in [9.17, 15) is 19.7 Å². The van der Waals surface area contributed by atoms with E-state index in [1.54, 1.807) is 0 Å². The van der Waals surface area contributed by atoms with Crippen LogP contribution in [0.25, 0.3) is 0 Å². The number of hydrogen-bond donors (Lipinski definition) is 3. The molecule has 15 heavy (non-hydrogen) atoms. The maximum Gasteiger partial charge on any atom is 0.118 e. The number of ether oxygens (including phenoxy) is 1. The van der Waals surface area contributed by atoms with Gasteiger partial charge in [-0.15, -0.1) is 0 Å². The summed E-state index contributed by atoms with van der Waals surface area (Å²) < 4.78 is 17.8. The van der Waals surface area contributed by atoms with Crippen LogP contribution in [0.4, 0.5) is 4.39 Å². The molecule has 0 amide bonds. The third-order valence-corrected chi connectivity index (χ3v) is 2.72. The van der Waals surface area contributed by atoms with Crippen LogP contribution in [0.1, 0.15) is 20.8 Å². The summed E-state index contributed by atoms with van der Waals surface area (Å²) in [4.78, 5) is 0. The second-order valence-corrected chi connectivity index (χ2v) is 5.09. The summed E-state index contributed by atoms with van der Waals surface area (Å²) >= 11 is 0. The van der Waals surface area contributed by atoms with Gasteiger partial charge >= 0.3 is 0 Å². The Bertz CT molecular complexity index is 214. The van der Waals surface area contributed by atoms with Crippen LogP contribution < -0.4 is 0 Å². The van der Waals surface area contributed by atoms with Gasteiger partial charge in [-0.3, -0.25) is 0 Å². The summed E-state index contributed by atoms with van der Waals surface area (Å²) in [7, 11) is 0. The standard InChI is InChI=1S/C10H19FO4/c1-10(2,3)9-8(14)7(13)6(12)5(4-11)15-9/h5-9,12-14H,4H2,1-3H3. The third kappa shape index (κ3) is 2.47. The number of hydrogen-bond acceptors (Lipinski definition) is 4. The largest absolute Gasteiger partial charge is 0.388 e. The number of rotatable bonds is 1. The molecule has 1 saturated heterocycles. The molecular weight excluding hydrogens is 203 g/mol. The quantitative estimate of drug-likeness (QED) is 0.577. The summed E-state index contributed by atoms with van der Waals surface area (Å²) in [5.74, 6) is 0. The number of alkyl halides is 1. The molecule has 0 aromatic heterocycles. The van der Waals surface area contributed by atoms with Gasteiger partial charge in [-0.2, -0.15) is 0 Å². The molecule has 1 fully saturated rings. The van der Waals surface area contributed by atoms with Gasteiger partial charge in [0.05, 0.1) is 6.10 Å². The molecule has 3 N–H and O–H groups in total. The molecule has 90 valence electrons. The molecule has 4 nitrogen and oxygen atoms in total. The molecule has 1 heterocycles. The van der Waals surface area contributed by atoms with Gasteiger partial charge in [-0.25, -0.2) is 4.39 Å². The highest BCUT2D eigenvalue weighted by atomic mass is 19.1. The average molecular weight is 222 g/mol. The minimum Gasteiger partial charge on any atom is -0.388 e. The van der Waals surface area contributed by atoms with E-state index in [1.165, 1.54) is 0 Å². The normalized spacial score (nSPS) is 43.0. The predicted molar refractivity (Wildman–Crippen MR) is 52.1 cm³/mol. The van der Waals surface area contributed by atoms with E-state index < -0.39 is 42.6 Å². The van der Waals surface area contributed by atoms with Crippen molar-refractivity contribution in [3.8, 4) is 0 Å². The highest BCUT2D eigenvalue weighted by molar-refractivity contribution is 4.96. The van der Waals surface area contributed by atoms with Crippen molar-refractivity contribution in [3.05, 3.63) is 0 Å². The maximum absolute atomic E-state index is 12.5. The van der Waals surface area contributed by atoms with Gasteiger partial charge in [0.15, 0.2) is 0 Å². The monoisotopic (exact) mass is 222 g/mol. The first kappa shape index (κ1) is 12.8. The molecule has 1 aliphatic heterocycles. The molecule has 0 aliphatic carbocycles. The van der Waals surface area contributed by atoms with Gasteiger partial charge < -0.3 is 20.1 Å². The van der Waals surface area contributed by atoms with Crippen LogP contribution in [-0.2, 0) is 4.74 Å². The van der Waals surface area contributed by atoms with Crippen LogP contribution in [0.2, 0.25) is 0 Å². The van der Waals surface area contributed by atoms with Crippen molar-refractivity contribution in [2.75, 3.05) is 6.67 Å². The van der Waals surface area contributed by atoms with Crippen LogP contribution in [0.3, 0.4) is 0 Å². The molecule has 0 spiro atoms. The first-order valence-corrected chi connectivity index (χ1v) is 5.04. The summed E-state index contributed by atoms with van der Waals surface area (Å²) in [6, 6.07) is 0. The van der Waals surface area contributed by atoms with Crippen molar-refractivity contribution in [1.82, 2.24) is 0 Å². The lowest BCUT2D eigenvalue weighted by Crippen LogP contribution is -2.61. The lowest BCUT2D eigenvalue weighted by molar-refractivity contribution is -0.246. The van der Waals surface area contributed by atoms with Gasteiger partial charge in [0.2, 0.25) is 0 Å². The Morgan fingerprint density at radius 3 is 2.00 bits per heavy atom. The Hall–Kier alpha value is -0.230. The zero-order chi connectivity index (χ0) is 11.8. The molecule has 0 aromatic carbocycles. The molecule has 5 atom stereocenters.